The Bertz CT molecular complexity index is 720. The molecule has 1 aromatic heterocycles. The summed E-state index contributed by atoms with van der Waals surface area (Å²) in [5.74, 6) is 2.25. The zero-order valence-electron chi connectivity index (χ0n) is 15.1. The van der Waals surface area contributed by atoms with E-state index in [4.69, 9.17) is 0 Å². The molecule has 2 aromatic rings. The second-order valence-corrected chi connectivity index (χ2v) is 7.80. The highest BCUT2D eigenvalue weighted by Gasteiger charge is 2.18. The van der Waals surface area contributed by atoms with Gasteiger partial charge in [-0.15, -0.1) is 0 Å². The Balaban J connectivity index is 1.59. The van der Waals surface area contributed by atoms with Crippen molar-refractivity contribution in [1.82, 2.24) is 20.4 Å². The minimum atomic E-state index is -0.00162. The maximum absolute atomic E-state index is 12.3. The van der Waals surface area contributed by atoms with E-state index in [1.807, 2.05) is 37.2 Å². The van der Waals surface area contributed by atoms with Crippen LogP contribution in [0.2, 0.25) is 0 Å². The van der Waals surface area contributed by atoms with Gasteiger partial charge in [0.2, 0.25) is 5.91 Å². The highest BCUT2D eigenvalue weighted by Crippen LogP contribution is 2.18. The van der Waals surface area contributed by atoms with Gasteiger partial charge in [-0.05, 0) is 44.5 Å². The molecular weight excluding hydrogens is 332 g/mol. The number of hydrogen-bond acceptors (Lipinski definition) is 4. The summed E-state index contributed by atoms with van der Waals surface area (Å²) < 4.78 is 1.94. The third kappa shape index (κ3) is 4.64. The van der Waals surface area contributed by atoms with Gasteiger partial charge in [-0.25, -0.2) is 4.68 Å². The second-order valence-electron chi connectivity index (χ2n) is 6.65. The van der Waals surface area contributed by atoms with Gasteiger partial charge in [0.1, 0.15) is 0 Å². The summed E-state index contributed by atoms with van der Waals surface area (Å²) in [6.45, 7) is 7.06. The van der Waals surface area contributed by atoms with Gasteiger partial charge < -0.3 is 10.6 Å². The Morgan fingerprint density at radius 3 is 2.76 bits per heavy atom. The van der Waals surface area contributed by atoms with E-state index < -0.39 is 0 Å². The van der Waals surface area contributed by atoms with Gasteiger partial charge >= 0.3 is 0 Å². The number of nitrogens with one attached hydrogen (secondary N) is 2. The molecule has 1 aliphatic heterocycles. The number of nitrogens with zero attached hydrogens (tertiary/aromatic N) is 2. The molecule has 0 radical (unpaired) electrons. The van der Waals surface area contributed by atoms with Crippen LogP contribution in [0.25, 0.3) is 5.69 Å². The van der Waals surface area contributed by atoms with Gasteiger partial charge in [0.15, 0.2) is 0 Å². The fourth-order valence-corrected chi connectivity index (χ4v) is 4.10. The van der Waals surface area contributed by atoms with Crippen molar-refractivity contribution in [2.75, 3.05) is 18.1 Å². The van der Waals surface area contributed by atoms with Crippen LogP contribution in [0.5, 0.6) is 0 Å². The average molecular weight is 359 g/mol. The predicted octanol–water partition coefficient (Wildman–Crippen LogP) is 2.76. The van der Waals surface area contributed by atoms with Crippen LogP contribution in [0.4, 0.5) is 0 Å². The molecule has 6 heteroatoms. The van der Waals surface area contributed by atoms with Crippen LogP contribution in [-0.2, 0) is 4.79 Å². The number of thioether (sulfide) groups is 1. The molecule has 0 spiro atoms. The molecule has 0 saturated carbocycles. The van der Waals surface area contributed by atoms with Crippen LogP contribution in [0.15, 0.2) is 30.3 Å². The van der Waals surface area contributed by atoms with Crippen LogP contribution >= 0.6 is 11.8 Å². The van der Waals surface area contributed by atoms with Gasteiger partial charge in [0.05, 0.1) is 17.4 Å². The Labute approximate surface area is 153 Å². The number of hydrogen-bond donors (Lipinski definition) is 2. The lowest BCUT2D eigenvalue weighted by Gasteiger charge is -2.23. The zero-order chi connectivity index (χ0) is 17.8. The topological polar surface area (TPSA) is 59.0 Å². The summed E-state index contributed by atoms with van der Waals surface area (Å²) in [5.41, 5.74) is 4.27. The average Bonchev–Trinajstić information content (AvgIpc) is 2.94. The van der Waals surface area contributed by atoms with E-state index in [0.29, 0.717) is 12.5 Å². The molecule has 2 heterocycles. The summed E-state index contributed by atoms with van der Waals surface area (Å²) in [5, 5.41) is 11.0. The minimum absolute atomic E-state index is 0.00162. The van der Waals surface area contributed by atoms with E-state index in [-0.39, 0.29) is 11.9 Å². The second kappa shape index (κ2) is 8.06. The minimum Gasteiger partial charge on any atom is -0.350 e. The van der Waals surface area contributed by atoms with Crippen molar-refractivity contribution in [2.45, 2.75) is 39.3 Å². The number of aryl methyl sites for hydroxylation is 2. The molecule has 1 aliphatic rings. The third-order valence-electron chi connectivity index (χ3n) is 4.45. The Hall–Kier alpha value is -1.79. The summed E-state index contributed by atoms with van der Waals surface area (Å²) in [7, 11) is 0. The summed E-state index contributed by atoms with van der Waals surface area (Å²) in [6.07, 6.45) is 0.543. The first-order chi connectivity index (χ1) is 12.0. The van der Waals surface area contributed by atoms with E-state index >= 15 is 0 Å². The lowest BCUT2D eigenvalue weighted by atomic mass is 10.1. The SMILES string of the molecule is Cc1cc(C)n(-c2ccc(C(C)NC(=O)CC3CSCCN3)cc2)n1. The smallest absolute Gasteiger partial charge is 0.222 e. The van der Waals surface area contributed by atoms with Gasteiger partial charge in [-0.2, -0.15) is 16.9 Å². The molecule has 2 N–H and O–H groups in total. The monoisotopic (exact) mass is 358 g/mol. The van der Waals surface area contributed by atoms with Gasteiger partial charge in [0, 0.05) is 36.2 Å². The third-order valence-corrected chi connectivity index (χ3v) is 5.59. The number of benzene rings is 1. The first-order valence-corrected chi connectivity index (χ1v) is 9.92. The number of carbonyl (C=O) groups is 1. The maximum Gasteiger partial charge on any atom is 0.222 e. The van der Waals surface area contributed by atoms with Crippen LogP contribution in [0.1, 0.15) is 36.3 Å². The zero-order valence-corrected chi connectivity index (χ0v) is 15.9. The van der Waals surface area contributed by atoms with E-state index in [9.17, 15) is 4.79 Å². The molecule has 0 bridgehead atoms. The number of amides is 1. The number of rotatable bonds is 5. The maximum atomic E-state index is 12.3. The highest BCUT2D eigenvalue weighted by atomic mass is 32.2. The molecule has 1 fully saturated rings. The Morgan fingerprint density at radius 2 is 2.16 bits per heavy atom. The molecule has 1 amide bonds. The van der Waals surface area contributed by atoms with Gasteiger partial charge in [-0.1, -0.05) is 12.1 Å². The highest BCUT2D eigenvalue weighted by molar-refractivity contribution is 7.99. The first-order valence-electron chi connectivity index (χ1n) is 8.77. The first kappa shape index (κ1) is 18.0. The molecule has 25 heavy (non-hydrogen) atoms. The fourth-order valence-electron chi connectivity index (χ4n) is 3.15. The predicted molar refractivity (Wildman–Crippen MR) is 103 cm³/mol. The normalized spacial score (nSPS) is 18.8. The van der Waals surface area contributed by atoms with Crippen molar-refractivity contribution in [3.05, 3.63) is 47.3 Å². The molecule has 3 rings (SSSR count). The van der Waals surface area contributed by atoms with Crippen LogP contribution < -0.4 is 10.6 Å². The van der Waals surface area contributed by atoms with Crippen molar-refractivity contribution in [2.24, 2.45) is 0 Å². The fraction of sp³-hybridized carbons (Fsp3) is 0.474. The molecule has 5 nitrogen and oxygen atoms in total. The Kier molecular flexibility index (Phi) is 5.81. The van der Waals surface area contributed by atoms with Crippen molar-refractivity contribution in [3.8, 4) is 5.69 Å². The Morgan fingerprint density at radius 1 is 1.40 bits per heavy atom. The molecule has 0 aliphatic carbocycles. The van der Waals surface area contributed by atoms with Crippen molar-refractivity contribution < 1.29 is 4.79 Å². The van der Waals surface area contributed by atoms with Gasteiger partial charge in [0.25, 0.3) is 0 Å². The number of carbonyl (C=O) groups excluding carboxylic acids is 1. The van der Waals surface area contributed by atoms with E-state index in [2.05, 4.69) is 46.1 Å². The summed E-state index contributed by atoms with van der Waals surface area (Å²) in [4.78, 5) is 12.3. The lowest BCUT2D eigenvalue weighted by Crippen LogP contribution is -2.41. The van der Waals surface area contributed by atoms with Crippen LogP contribution in [0.3, 0.4) is 0 Å². The van der Waals surface area contributed by atoms with E-state index in [1.165, 1.54) is 0 Å². The molecule has 1 aromatic carbocycles. The molecule has 134 valence electrons. The van der Waals surface area contributed by atoms with E-state index in [1.54, 1.807) is 0 Å². The van der Waals surface area contributed by atoms with Gasteiger partial charge in [-0.3, -0.25) is 4.79 Å². The summed E-state index contributed by atoms with van der Waals surface area (Å²) >= 11 is 1.91. The quantitative estimate of drug-likeness (QED) is 0.863. The van der Waals surface area contributed by atoms with E-state index in [0.717, 1.165) is 40.7 Å². The molecule has 1 saturated heterocycles. The van der Waals surface area contributed by atoms with Crippen LogP contribution in [0, 0.1) is 13.8 Å². The van der Waals surface area contributed by atoms with Crippen molar-refractivity contribution in [1.29, 1.82) is 0 Å². The molecule has 2 atom stereocenters. The largest absolute Gasteiger partial charge is 0.350 e. The number of aromatic nitrogens is 2. The molecule has 2 unspecified atom stereocenters. The summed E-state index contributed by atoms with van der Waals surface area (Å²) in [6, 6.07) is 10.6. The lowest BCUT2D eigenvalue weighted by molar-refractivity contribution is -0.122. The standard InChI is InChI=1S/C19H26N4OS/c1-13-10-14(2)23(22-13)18-6-4-16(5-7-18)15(3)21-19(24)11-17-12-25-9-8-20-17/h4-7,10,15,17,20H,8-9,11-12H2,1-3H3,(H,21,24). The molecular formula is C19H26N4OS. The van der Waals surface area contributed by atoms with Crippen molar-refractivity contribution >= 4 is 17.7 Å². The van der Waals surface area contributed by atoms with Crippen molar-refractivity contribution in [3.63, 3.8) is 0 Å². The van der Waals surface area contributed by atoms with Crippen LogP contribution in [-0.4, -0.2) is 39.8 Å².